The summed E-state index contributed by atoms with van der Waals surface area (Å²) in [6.07, 6.45) is 6.29. The Morgan fingerprint density at radius 2 is 1.96 bits per heavy atom. The van der Waals surface area contributed by atoms with Gasteiger partial charge in [-0.15, -0.1) is 0 Å². The molecule has 1 unspecified atom stereocenters. The molecule has 0 amide bonds. The van der Waals surface area contributed by atoms with Crippen LogP contribution in [0.25, 0.3) is 5.57 Å². The fraction of sp³-hybridized carbons (Fsp3) is 0.273. The Morgan fingerprint density at radius 3 is 2.71 bits per heavy atom. The molecule has 1 aromatic heterocycles. The van der Waals surface area contributed by atoms with Crippen LogP contribution in [0.5, 0.6) is 0 Å². The third-order valence-corrected chi connectivity index (χ3v) is 6.44. The minimum Gasteiger partial charge on any atom is -0.258 e. The van der Waals surface area contributed by atoms with E-state index in [1.54, 1.807) is 0 Å². The Bertz CT molecular complexity index is 1080. The second-order valence-corrected chi connectivity index (χ2v) is 8.36. The minimum absolute atomic E-state index is 0.0513. The van der Waals surface area contributed by atoms with E-state index in [1.165, 1.54) is 25.0 Å². The largest absolute Gasteiger partial charge is 0.292 e. The average molecular weight is 436 g/mol. The third kappa shape index (κ3) is 2.83. The van der Waals surface area contributed by atoms with Crippen molar-refractivity contribution in [1.29, 1.82) is 0 Å². The monoisotopic (exact) mass is 435 g/mol. The van der Waals surface area contributed by atoms with Gasteiger partial charge in [0, 0.05) is 35.2 Å². The van der Waals surface area contributed by atoms with Gasteiger partial charge < -0.3 is 0 Å². The van der Waals surface area contributed by atoms with Crippen LogP contribution in [0.1, 0.15) is 42.1 Å². The fourth-order valence-corrected chi connectivity index (χ4v) is 4.84. The summed E-state index contributed by atoms with van der Waals surface area (Å²) in [5.41, 5.74) is 5.30. The van der Waals surface area contributed by atoms with E-state index in [2.05, 4.69) is 28.1 Å². The van der Waals surface area contributed by atoms with E-state index < -0.39 is 0 Å². The lowest BCUT2D eigenvalue weighted by Gasteiger charge is -2.25. The van der Waals surface area contributed by atoms with Crippen LogP contribution in [0.15, 0.2) is 63.7 Å². The highest BCUT2D eigenvalue weighted by Crippen LogP contribution is 2.45. The fourth-order valence-electron chi connectivity index (χ4n) is 4.18. The van der Waals surface area contributed by atoms with Crippen molar-refractivity contribution >= 4 is 32.9 Å². The summed E-state index contributed by atoms with van der Waals surface area (Å²) in [7, 11) is 0. The van der Waals surface area contributed by atoms with Gasteiger partial charge >= 0.3 is 0 Å². The highest BCUT2D eigenvalue weighted by molar-refractivity contribution is 9.12. The molecule has 0 spiro atoms. The molecule has 0 saturated heterocycles. The lowest BCUT2D eigenvalue weighted by molar-refractivity contribution is -0.418. The van der Waals surface area contributed by atoms with E-state index in [0.717, 1.165) is 22.7 Å². The summed E-state index contributed by atoms with van der Waals surface area (Å²) in [4.78, 5) is 21.1. The summed E-state index contributed by atoms with van der Waals surface area (Å²) in [5, 5.41) is 11.8. The molecule has 2 aliphatic carbocycles. The number of hydrogen-bond donors (Lipinski definition) is 0. The zero-order valence-electron chi connectivity index (χ0n) is 15.1. The van der Waals surface area contributed by atoms with Crippen LogP contribution in [0.2, 0.25) is 0 Å². The molecule has 28 heavy (non-hydrogen) atoms. The number of aromatic nitrogens is 1. The molecular formula is C22H18BrN3O2. The average Bonchev–Trinajstić information content (AvgIpc) is 3.00. The van der Waals surface area contributed by atoms with Crippen molar-refractivity contribution < 1.29 is 4.92 Å². The molecule has 2 aromatic rings. The van der Waals surface area contributed by atoms with Crippen LogP contribution in [0.3, 0.4) is 0 Å². The summed E-state index contributed by atoms with van der Waals surface area (Å²) in [6, 6.07) is 13.8. The standard InChI is InChI=1S/C22H18BrN3O2/c23-17-12-14(11-15-7-4-10-18(24-15)13-5-3-6-13)21-20(22(17)26(27)28)16-8-1-2-9-19(16)25-21/h1-2,4,7-10,12-14H,3,5-6,11H2. The van der Waals surface area contributed by atoms with Crippen molar-refractivity contribution in [3.05, 3.63) is 85.8 Å². The third-order valence-electron chi connectivity index (χ3n) is 5.80. The molecule has 5 rings (SSSR count). The number of halogens is 1. The molecule has 0 bridgehead atoms. The second kappa shape index (κ2) is 6.78. The number of nitro groups is 1. The summed E-state index contributed by atoms with van der Waals surface area (Å²) >= 11 is 3.44. The van der Waals surface area contributed by atoms with Crippen molar-refractivity contribution in [3.63, 3.8) is 0 Å². The Hall–Kier alpha value is -2.60. The first-order chi connectivity index (χ1) is 13.6. The molecule has 0 N–H and O–H groups in total. The number of rotatable bonds is 4. The number of allylic oxidation sites excluding steroid dienone is 3. The Labute approximate surface area is 171 Å². The lowest BCUT2D eigenvalue weighted by Crippen LogP contribution is -2.23. The summed E-state index contributed by atoms with van der Waals surface area (Å²) < 4.78 is 0.517. The molecule has 1 saturated carbocycles. The second-order valence-electron chi connectivity index (χ2n) is 7.50. The van der Waals surface area contributed by atoms with Crippen LogP contribution in [-0.4, -0.2) is 15.6 Å². The van der Waals surface area contributed by atoms with Crippen LogP contribution < -0.4 is 0 Å². The van der Waals surface area contributed by atoms with E-state index in [-0.39, 0.29) is 16.5 Å². The van der Waals surface area contributed by atoms with E-state index in [9.17, 15) is 10.1 Å². The molecule has 3 aliphatic rings. The van der Waals surface area contributed by atoms with Gasteiger partial charge in [0.15, 0.2) is 0 Å². The maximum atomic E-state index is 11.8. The Balaban J connectivity index is 1.54. The van der Waals surface area contributed by atoms with Gasteiger partial charge in [-0.3, -0.25) is 20.1 Å². The molecular weight excluding hydrogens is 418 g/mol. The van der Waals surface area contributed by atoms with Crippen LogP contribution in [0, 0.1) is 16.0 Å². The van der Waals surface area contributed by atoms with Gasteiger partial charge in [0.2, 0.25) is 0 Å². The maximum Gasteiger partial charge on any atom is 0.292 e. The lowest BCUT2D eigenvalue weighted by atomic mass is 9.82. The number of hydrogen-bond acceptors (Lipinski definition) is 4. The van der Waals surface area contributed by atoms with Crippen molar-refractivity contribution in [3.8, 4) is 0 Å². The molecule has 5 nitrogen and oxygen atoms in total. The first kappa shape index (κ1) is 17.5. The van der Waals surface area contributed by atoms with Gasteiger partial charge in [0.05, 0.1) is 26.4 Å². The SMILES string of the molecule is O=[N+]([O-])C1=C2C(=Nc3ccccc32)C(Cc2cccc(C3CCC3)n2)C=C1Br. The van der Waals surface area contributed by atoms with Gasteiger partial charge in [-0.05, 0) is 47.0 Å². The predicted octanol–water partition coefficient (Wildman–Crippen LogP) is 5.57. The minimum atomic E-state index is -0.320. The molecule has 1 aliphatic heterocycles. The van der Waals surface area contributed by atoms with E-state index in [1.807, 2.05) is 36.4 Å². The summed E-state index contributed by atoms with van der Waals surface area (Å²) in [5.74, 6) is 0.530. The zero-order valence-corrected chi connectivity index (χ0v) is 16.7. The van der Waals surface area contributed by atoms with Crippen LogP contribution >= 0.6 is 15.9 Å². The van der Waals surface area contributed by atoms with Crippen molar-refractivity contribution in [2.45, 2.75) is 31.6 Å². The molecule has 6 heteroatoms. The van der Waals surface area contributed by atoms with E-state index in [4.69, 9.17) is 9.98 Å². The van der Waals surface area contributed by atoms with Crippen LogP contribution in [-0.2, 0) is 6.42 Å². The van der Waals surface area contributed by atoms with Gasteiger partial charge in [0.25, 0.3) is 5.70 Å². The highest BCUT2D eigenvalue weighted by atomic mass is 79.9. The summed E-state index contributed by atoms with van der Waals surface area (Å²) in [6.45, 7) is 0. The molecule has 1 aromatic carbocycles. The molecule has 2 heterocycles. The number of nitrogens with zero attached hydrogens (tertiary/aromatic N) is 3. The Kier molecular flexibility index (Phi) is 4.23. The van der Waals surface area contributed by atoms with Gasteiger partial charge in [0.1, 0.15) is 0 Å². The molecule has 1 fully saturated rings. The normalized spacial score (nSPS) is 20.8. The maximum absolute atomic E-state index is 11.8. The van der Waals surface area contributed by atoms with E-state index >= 15 is 0 Å². The first-order valence-corrected chi connectivity index (χ1v) is 10.3. The van der Waals surface area contributed by atoms with Crippen molar-refractivity contribution in [1.82, 2.24) is 4.98 Å². The number of pyridine rings is 1. The van der Waals surface area contributed by atoms with Crippen molar-refractivity contribution in [2.75, 3.05) is 0 Å². The number of fused-ring (bicyclic) bond motifs is 3. The van der Waals surface area contributed by atoms with Crippen molar-refractivity contribution in [2.24, 2.45) is 10.9 Å². The molecule has 0 radical (unpaired) electrons. The Morgan fingerprint density at radius 1 is 1.14 bits per heavy atom. The predicted molar refractivity (Wildman–Crippen MR) is 112 cm³/mol. The van der Waals surface area contributed by atoms with Gasteiger partial charge in [-0.2, -0.15) is 0 Å². The first-order valence-electron chi connectivity index (χ1n) is 9.52. The number of benzene rings is 1. The molecule has 140 valence electrons. The number of para-hydroxylation sites is 1. The molecule has 1 atom stereocenters. The quantitative estimate of drug-likeness (QED) is 0.465. The highest BCUT2D eigenvalue weighted by Gasteiger charge is 2.39. The topological polar surface area (TPSA) is 68.4 Å². The smallest absolute Gasteiger partial charge is 0.258 e. The van der Waals surface area contributed by atoms with E-state index in [0.29, 0.717) is 22.4 Å². The number of aliphatic imine (C=N–C) groups is 1. The van der Waals surface area contributed by atoms with Crippen LogP contribution in [0.4, 0.5) is 5.69 Å². The van der Waals surface area contributed by atoms with Gasteiger partial charge in [-0.25, -0.2) is 0 Å². The zero-order chi connectivity index (χ0) is 19.3. The van der Waals surface area contributed by atoms with Gasteiger partial charge in [-0.1, -0.05) is 36.8 Å².